The van der Waals surface area contributed by atoms with Crippen LogP contribution in [0.4, 0.5) is 5.82 Å². The van der Waals surface area contributed by atoms with Gasteiger partial charge in [0.25, 0.3) is 0 Å². The molecule has 74 valence electrons. The van der Waals surface area contributed by atoms with Crippen molar-refractivity contribution in [2.45, 2.75) is 0 Å². The van der Waals surface area contributed by atoms with Gasteiger partial charge in [-0.15, -0.1) is 0 Å². The van der Waals surface area contributed by atoms with Crippen molar-refractivity contribution >= 4 is 16.7 Å². The van der Waals surface area contributed by atoms with E-state index in [0.717, 1.165) is 5.39 Å². The Hall–Kier alpha value is -2.28. The van der Waals surface area contributed by atoms with Crippen molar-refractivity contribution in [1.82, 2.24) is 4.98 Å². The Balaban J connectivity index is 2.90. The van der Waals surface area contributed by atoms with Gasteiger partial charge in [0, 0.05) is 5.39 Å². The number of pyridine rings is 1. The summed E-state index contributed by atoms with van der Waals surface area (Å²) < 4.78 is 5.15. The first-order valence-corrected chi connectivity index (χ1v) is 4.39. The van der Waals surface area contributed by atoms with Gasteiger partial charge in [0.15, 0.2) is 0 Å². The smallest absolute Gasteiger partial charge is 0.145 e. The van der Waals surface area contributed by atoms with Crippen LogP contribution in [0.25, 0.3) is 10.9 Å². The molecule has 0 aliphatic heterocycles. The summed E-state index contributed by atoms with van der Waals surface area (Å²) in [6.45, 7) is 0. The van der Waals surface area contributed by atoms with E-state index >= 15 is 0 Å². The van der Waals surface area contributed by atoms with E-state index in [0.29, 0.717) is 22.6 Å². The van der Waals surface area contributed by atoms with E-state index in [9.17, 15) is 0 Å². The first kappa shape index (κ1) is 9.28. The summed E-state index contributed by atoms with van der Waals surface area (Å²) in [5.74, 6) is 0.944. The second kappa shape index (κ2) is 3.46. The molecule has 4 heteroatoms. The summed E-state index contributed by atoms with van der Waals surface area (Å²) >= 11 is 0. The minimum absolute atomic E-state index is 0.323. The van der Waals surface area contributed by atoms with Gasteiger partial charge < -0.3 is 10.5 Å². The summed E-state index contributed by atoms with van der Waals surface area (Å²) in [5.41, 5.74) is 6.74. The van der Waals surface area contributed by atoms with Crippen LogP contribution in [0.3, 0.4) is 0 Å². The number of para-hydroxylation sites is 1. The third-order valence-corrected chi connectivity index (χ3v) is 2.16. The number of nitrogens with zero attached hydrogens (tertiary/aromatic N) is 2. The van der Waals surface area contributed by atoms with Gasteiger partial charge in [0.2, 0.25) is 0 Å². The zero-order valence-electron chi connectivity index (χ0n) is 8.19. The van der Waals surface area contributed by atoms with Crippen molar-refractivity contribution < 1.29 is 4.74 Å². The summed E-state index contributed by atoms with van der Waals surface area (Å²) in [4.78, 5) is 4.16. The number of ether oxygens (including phenoxy) is 1. The predicted octanol–water partition coefficient (Wildman–Crippen LogP) is 1.70. The van der Waals surface area contributed by atoms with Crippen molar-refractivity contribution in [1.29, 1.82) is 5.26 Å². The maximum Gasteiger partial charge on any atom is 0.145 e. The lowest BCUT2D eigenvalue weighted by Gasteiger charge is -2.06. The highest BCUT2D eigenvalue weighted by atomic mass is 16.5. The Morgan fingerprint density at radius 2 is 2.27 bits per heavy atom. The Morgan fingerprint density at radius 3 is 2.93 bits per heavy atom. The van der Waals surface area contributed by atoms with E-state index < -0.39 is 0 Å². The standard InChI is InChI=1S/C11H9N3O/c1-15-9-4-2-3-8-7(6-12)5-10(13)14-11(8)9/h2-5H,1H3,(H2,13,14). The number of benzene rings is 1. The molecule has 0 radical (unpaired) electrons. The molecule has 0 aliphatic rings. The molecular weight excluding hydrogens is 190 g/mol. The van der Waals surface area contributed by atoms with Gasteiger partial charge in [-0.05, 0) is 12.1 Å². The molecule has 0 saturated carbocycles. The second-order valence-corrected chi connectivity index (χ2v) is 3.06. The molecular formula is C11H9N3O. The summed E-state index contributed by atoms with van der Waals surface area (Å²) in [6.07, 6.45) is 0. The van der Waals surface area contributed by atoms with Crippen molar-refractivity contribution in [2.75, 3.05) is 12.8 Å². The average molecular weight is 199 g/mol. The number of aromatic nitrogens is 1. The van der Waals surface area contributed by atoms with Crippen LogP contribution < -0.4 is 10.5 Å². The second-order valence-electron chi connectivity index (χ2n) is 3.06. The molecule has 0 fully saturated rings. The normalized spacial score (nSPS) is 9.87. The zero-order chi connectivity index (χ0) is 10.8. The fraction of sp³-hybridized carbons (Fsp3) is 0.0909. The van der Waals surface area contributed by atoms with Crippen LogP contribution in [0.2, 0.25) is 0 Å². The lowest BCUT2D eigenvalue weighted by atomic mass is 10.1. The number of nitriles is 1. The van der Waals surface area contributed by atoms with E-state index in [1.165, 1.54) is 0 Å². The first-order valence-electron chi connectivity index (χ1n) is 4.39. The van der Waals surface area contributed by atoms with Crippen LogP contribution >= 0.6 is 0 Å². The molecule has 0 bridgehead atoms. The molecule has 1 heterocycles. The van der Waals surface area contributed by atoms with E-state index in [1.807, 2.05) is 12.1 Å². The SMILES string of the molecule is COc1cccc2c(C#N)cc(N)nc12. The van der Waals surface area contributed by atoms with Crippen LogP contribution in [0.5, 0.6) is 5.75 Å². The molecule has 0 amide bonds. The minimum Gasteiger partial charge on any atom is -0.494 e. The van der Waals surface area contributed by atoms with Crippen LogP contribution in [0, 0.1) is 11.3 Å². The molecule has 0 aliphatic carbocycles. The molecule has 1 aromatic heterocycles. The molecule has 0 spiro atoms. The Bertz CT molecular complexity index is 557. The molecule has 2 rings (SSSR count). The predicted molar refractivity (Wildman–Crippen MR) is 57.4 cm³/mol. The lowest BCUT2D eigenvalue weighted by Crippen LogP contribution is -1.95. The number of anilines is 1. The summed E-state index contributed by atoms with van der Waals surface area (Å²) in [6, 6.07) is 9.07. The molecule has 2 aromatic rings. The van der Waals surface area contributed by atoms with Gasteiger partial charge in [-0.25, -0.2) is 4.98 Å². The highest BCUT2D eigenvalue weighted by Crippen LogP contribution is 2.26. The quantitative estimate of drug-likeness (QED) is 0.758. The largest absolute Gasteiger partial charge is 0.494 e. The van der Waals surface area contributed by atoms with Crippen molar-refractivity contribution in [3.8, 4) is 11.8 Å². The van der Waals surface area contributed by atoms with Gasteiger partial charge >= 0.3 is 0 Å². The maximum atomic E-state index is 8.95. The number of rotatable bonds is 1. The van der Waals surface area contributed by atoms with Crippen LogP contribution in [0.1, 0.15) is 5.56 Å². The average Bonchev–Trinajstić information content (AvgIpc) is 2.27. The highest BCUT2D eigenvalue weighted by molar-refractivity contribution is 5.90. The van der Waals surface area contributed by atoms with Crippen LogP contribution in [-0.4, -0.2) is 12.1 Å². The lowest BCUT2D eigenvalue weighted by molar-refractivity contribution is 0.419. The third-order valence-electron chi connectivity index (χ3n) is 2.16. The van der Waals surface area contributed by atoms with Crippen molar-refractivity contribution in [3.05, 3.63) is 29.8 Å². The van der Waals surface area contributed by atoms with Gasteiger partial charge in [-0.2, -0.15) is 5.26 Å². The van der Waals surface area contributed by atoms with Crippen LogP contribution in [0.15, 0.2) is 24.3 Å². The summed E-state index contributed by atoms with van der Waals surface area (Å²) in [5, 5.41) is 9.71. The Kier molecular flexibility index (Phi) is 2.14. The number of hydrogen-bond donors (Lipinski definition) is 1. The Labute approximate surface area is 86.9 Å². The number of nitrogen functional groups attached to an aromatic ring is 1. The molecule has 4 nitrogen and oxygen atoms in total. The zero-order valence-corrected chi connectivity index (χ0v) is 8.19. The number of hydrogen-bond acceptors (Lipinski definition) is 4. The fourth-order valence-corrected chi connectivity index (χ4v) is 1.50. The van der Waals surface area contributed by atoms with Gasteiger partial charge in [-0.1, -0.05) is 12.1 Å². The maximum absolute atomic E-state index is 8.95. The van der Waals surface area contributed by atoms with Crippen molar-refractivity contribution in [2.24, 2.45) is 0 Å². The van der Waals surface area contributed by atoms with Crippen molar-refractivity contribution in [3.63, 3.8) is 0 Å². The molecule has 1 aromatic carbocycles. The number of methoxy groups -OCH3 is 1. The molecule has 15 heavy (non-hydrogen) atoms. The van der Waals surface area contributed by atoms with E-state index in [1.54, 1.807) is 19.2 Å². The van der Waals surface area contributed by atoms with Gasteiger partial charge in [-0.3, -0.25) is 0 Å². The van der Waals surface area contributed by atoms with Gasteiger partial charge in [0.05, 0.1) is 18.7 Å². The topological polar surface area (TPSA) is 71.9 Å². The number of nitrogens with two attached hydrogens (primary N) is 1. The third kappa shape index (κ3) is 1.44. The monoisotopic (exact) mass is 199 g/mol. The molecule has 0 atom stereocenters. The fourth-order valence-electron chi connectivity index (χ4n) is 1.50. The van der Waals surface area contributed by atoms with E-state index in [2.05, 4.69) is 11.1 Å². The highest BCUT2D eigenvalue weighted by Gasteiger charge is 2.07. The summed E-state index contributed by atoms with van der Waals surface area (Å²) in [7, 11) is 1.56. The Morgan fingerprint density at radius 1 is 1.47 bits per heavy atom. The minimum atomic E-state index is 0.323. The van der Waals surface area contributed by atoms with E-state index in [-0.39, 0.29) is 0 Å². The molecule has 0 saturated heterocycles. The van der Waals surface area contributed by atoms with Gasteiger partial charge in [0.1, 0.15) is 17.1 Å². The first-order chi connectivity index (χ1) is 7.26. The molecule has 0 unspecified atom stereocenters. The number of fused-ring (bicyclic) bond motifs is 1. The van der Waals surface area contributed by atoms with Crippen LogP contribution in [-0.2, 0) is 0 Å². The van der Waals surface area contributed by atoms with E-state index in [4.69, 9.17) is 15.7 Å². The molecule has 2 N–H and O–H groups in total.